The van der Waals surface area contributed by atoms with Gasteiger partial charge < -0.3 is 5.11 Å². The van der Waals surface area contributed by atoms with Crippen molar-refractivity contribution in [2.24, 2.45) is 5.92 Å². The van der Waals surface area contributed by atoms with Crippen LogP contribution in [0.4, 0.5) is 0 Å². The molecule has 0 aromatic rings. The first-order chi connectivity index (χ1) is 6.66. The molecule has 1 aliphatic carbocycles. The lowest BCUT2D eigenvalue weighted by molar-refractivity contribution is -0.129. The third kappa shape index (κ3) is 2.25. The van der Waals surface area contributed by atoms with Crippen LogP contribution in [0.1, 0.15) is 32.6 Å². The zero-order valence-corrected chi connectivity index (χ0v) is 8.57. The molecule has 14 heavy (non-hydrogen) atoms. The Morgan fingerprint density at radius 2 is 2.36 bits per heavy atom. The van der Waals surface area contributed by atoms with Gasteiger partial charge in [-0.25, -0.2) is 5.43 Å². The number of hydrogen-bond donors (Lipinski definition) is 2. The number of carbonyl (C=O) groups is 1. The fourth-order valence-corrected chi connectivity index (χ4v) is 1.89. The van der Waals surface area contributed by atoms with Gasteiger partial charge in [-0.3, -0.25) is 9.80 Å². The third-order valence-corrected chi connectivity index (χ3v) is 2.98. The molecule has 0 bridgehead atoms. The smallest absolute Gasteiger partial charge is 0.238 e. The minimum atomic E-state index is -0.329. The van der Waals surface area contributed by atoms with E-state index in [-0.39, 0.29) is 12.0 Å². The maximum Gasteiger partial charge on any atom is 0.238 e. The van der Waals surface area contributed by atoms with Gasteiger partial charge in [0.05, 0.1) is 6.10 Å². The summed E-state index contributed by atoms with van der Waals surface area (Å²) in [5.41, 5.74) is 3.23. The Kier molecular flexibility index (Phi) is 2.74. The number of amides is 1. The standard InChI is InChI=1S/C10H18N2O2/c1-7(13)4-5-12-10(14)6-9(11-12)8-2-3-8/h7-9,11,13H,2-6H2,1H3. The van der Waals surface area contributed by atoms with E-state index in [2.05, 4.69) is 5.43 Å². The summed E-state index contributed by atoms with van der Waals surface area (Å²) in [6.07, 6.45) is 3.48. The SMILES string of the molecule is CC(O)CCN1NC(C2CC2)CC1=O. The van der Waals surface area contributed by atoms with Crippen molar-refractivity contribution in [1.29, 1.82) is 0 Å². The number of hydrogen-bond acceptors (Lipinski definition) is 3. The van der Waals surface area contributed by atoms with E-state index < -0.39 is 0 Å². The molecule has 1 saturated heterocycles. The summed E-state index contributed by atoms with van der Waals surface area (Å²) in [4.78, 5) is 11.5. The second-order valence-electron chi connectivity index (χ2n) is 4.46. The summed E-state index contributed by atoms with van der Waals surface area (Å²) in [6.45, 7) is 2.37. The second-order valence-corrected chi connectivity index (χ2v) is 4.46. The van der Waals surface area contributed by atoms with E-state index in [9.17, 15) is 4.79 Å². The average Bonchev–Trinajstić information content (AvgIpc) is 2.88. The maximum absolute atomic E-state index is 11.5. The van der Waals surface area contributed by atoms with Gasteiger partial charge in [-0.2, -0.15) is 0 Å². The molecular formula is C10H18N2O2. The van der Waals surface area contributed by atoms with Gasteiger partial charge in [-0.15, -0.1) is 0 Å². The Hall–Kier alpha value is -0.610. The molecule has 1 aliphatic heterocycles. The second kappa shape index (κ2) is 3.87. The van der Waals surface area contributed by atoms with Crippen LogP contribution in [-0.4, -0.2) is 34.7 Å². The number of carbonyl (C=O) groups excluding carboxylic acids is 1. The highest BCUT2D eigenvalue weighted by Crippen LogP contribution is 2.36. The molecule has 1 saturated carbocycles. The minimum Gasteiger partial charge on any atom is -0.393 e. The van der Waals surface area contributed by atoms with Gasteiger partial charge in [-0.05, 0) is 32.1 Å². The van der Waals surface area contributed by atoms with Crippen LogP contribution >= 0.6 is 0 Å². The van der Waals surface area contributed by atoms with Gasteiger partial charge >= 0.3 is 0 Å². The zero-order chi connectivity index (χ0) is 10.1. The number of hydrazine groups is 1. The van der Waals surface area contributed by atoms with Crippen molar-refractivity contribution in [2.45, 2.75) is 44.8 Å². The van der Waals surface area contributed by atoms with Crippen molar-refractivity contribution < 1.29 is 9.90 Å². The van der Waals surface area contributed by atoms with Crippen LogP contribution in [0.2, 0.25) is 0 Å². The summed E-state index contributed by atoms with van der Waals surface area (Å²) in [6, 6.07) is 0.372. The molecule has 0 aromatic heterocycles. The van der Waals surface area contributed by atoms with Crippen LogP contribution in [0, 0.1) is 5.92 Å². The third-order valence-electron chi connectivity index (χ3n) is 2.98. The molecule has 2 unspecified atom stereocenters. The molecule has 0 radical (unpaired) electrons. The minimum absolute atomic E-state index is 0.183. The van der Waals surface area contributed by atoms with E-state index in [0.29, 0.717) is 25.4 Å². The molecule has 0 aromatic carbocycles. The van der Waals surface area contributed by atoms with Crippen LogP contribution in [-0.2, 0) is 4.79 Å². The molecule has 1 amide bonds. The molecule has 1 heterocycles. The van der Waals surface area contributed by atoms with E-state index >= 15 is 0 Å². The highest BCUT2D eigenvalue weighted by atomic mass is 16.3. The normalized spacial score (nSPS) is 29.7. The Morgan fingerprint density at radius 3 is 2.93 bits per heavy atom. The number of rotatable bonds is 4. The Balaban J connectivity index is 1.78. The van der Waals surface area contributed by atoms with Crippen molar-refractivity contribution in [3.8, 4) is 0 Å². The molecule has 2 aliphatic rings. The maximum atomic E-state index is 11.5. The summed E-state index contributed by atoms with van der Waals surface area (Å²) >= 11 is 0. The zero-order valence-electron chi connectivity index (χ0n) is 8.57. The van der Waals surface area contributed by atoms with Crippen molar-refractivity contribution in [2.75, 3.05) is 6.54 Å². The summed E-state index contributed by atoms with van der Waals surface area (Å²) in [5.74, 6) is 0.901. The predicted molar refractivity (Wildman–Crippen MR) is 52.3 cm³/mol. The van der Waals surface area contributed by atoms with E-state index in [1.54, 1.807) is 11.9 Å². The molecule has 2 N–H and O–H groups in total. The van der Waals surface area contributed by atoms with Crippen LogP contribution in [0.15, 0.2) is 0 Å². The lowest BCUT2D eigenvalue weighted by atomic mass is 10.1. The van der Waals surface area contributed by atoms with Gasteiger partial charge in [-0.1, -0.05) is 0 Å². The van der Waals surface area contributed by atoms with Gasteiger partial charge in [0, 0.05) is 19.0 Å². The monoisotopic (exact) mass is 198 g/mol. The molecule has 0 spiro atoms. The Bertz CT molecular complexity index is 226. The van der Waals surface area contributed by atoms with Crippen LogP contribution in [0.5, 0.6) is 0 Å². The van der Waals surface area contributed by atoms with E-state index in [1.165, 1.54) is 12.8 Å². The highest BCUT2D eigenvalue weighted by Gasteiger charge is 2.39. The summed E-state index contributed by atoms with van der Waals surface area (Å²) < 4.78 is 0. The molecular weight excluding hydrogens is 180 g/mol. The van der Waals surface area contributed by atoms with Crippen molar-refractivity contribution in [3.05, 3.63) is 0 Å². The first-order valence-corrected chi connectivity index (χ1v) is 5.41. The number of aliphatic hydroxyl groups excluding tert-OH is 1. The molecule has 4 heteroatoms. The van der Waals surface area contributed by atoms with E-state index in [0.717, 1.165) is 5.92 Å². The van der Waals surface area contributed by atoms with Crippen molar-refractivity contribution in [3.63, 3.8) is 0 Å². The predicted octanol–water partition coefficient (Wildman–Crippen LogP) is 0.273. The molecule has 2 rings (SSSR count). The topological polar surface area (TPSA) is 52.6 Å². The van der Waals surface area contributed by atoms with Crippen molar-refractivity contribution in [1.82, 2.24) is 10.4 Å². The van der Waals surface area contributed by atoms with Crippen LogP contribution < -0.4 is 5.43 Å². The number of nitrogens with one attached hydrogen (secondary N) is 1. The average molecular weight is 198 g/mol. The lowest BCUT2D eigenvalue weighted by Crippen LogP contribution is -2.39. The summed E-state index contributed by atoms with van der Waals surface area (Å²) in [5, 5.41) is 10.8. The number of nitrogens with zero attached hydrogens (tertiary/aromatic N) is 1. The fourth-order valence-electron chi connectivity index (χ4n) is 1.89. The van der Waals surface area contributed by atoms with Crippen LogP contribution in [0.3, 0.4) is 0 Å². The van der Waals surface area contributed by atoms with Crippen molar-refractivity contribution >= 4 is 5.91 Å². The first kappa shape index (κ1) is 9.93. The van der Waals surface area contributed by atoms with Gasteiger partial charge in [0.2, 0.25) is 5.91 Å². The van der Waals surface area contributed by atoms with Gasteiger partial charge in [0.15, 0.2) is 0 Å². The first-order valence-electron chi connectivity index (χ1n) is 5.41. The fraction of sp³-hybridized carbons (Fsp3) is 0.900. The molecule has 4 nitrogen and oxygen atoms in total. The molecule has 2 atom stereocenters. The summed E-state index contributed by atoms with van der Waals surface area (Å²) in [7, 11) is 0. The lowest BCUT2D eigenvalue weighted by Gasteiger charge is -2.18. The van der Waals surface area contributed by atoms with Crippen LogP contribution in [0.25, 0.3) is 0 Å². The molecule has 2 fully saturated rings. The molecule has 80 valence electrons. The largest absolute Gasteiger partial charge is 0.393 e. The quantitative estimate of drug-likeness (QED) is 0.682. The highest BCUT2D eigenvalue weighted by molar-refractivity contribution is 5.78. The van der Waals surface area contributed by atoms with Gasteiger partial charge in [0.1, 0.15) is 0 Å². The van der Waals surface area contributed by atoms with E-state index in [4.69, 9.17) is 5.11 Å². The Labute approximate surface area is 84.2 Å². The Morgan fingerprint density at radius 1 is 1.64 bits per heavy atom. The van der Waals surface area contributed by atoms with Gasteiger partial charge in [0.25, 0.3) is 0 Å². The number of aliphatic hydroxyl groups is 1. The van der Waals surface area contributed by atoms with E-state index in [1.807, 2.05) is 0 Å².